The van der Waals surface area contributed by atoms with Gasteiger partial charge in [0.05, 0.1) is 17.6 Å². The molecule has 0 bridgehead atoms. The summed E-state index contributed by atoms with van der Waals surface area (Å²) in [5.74, 6) is -2.69. The second-order valence-electron chi connectivity index (χ2n) is 11.1. The number of nitrogens with zero attached hydrogens (tertiary/aromatic N) is 1. The number of ether oxygens (including phenoxy) is 1. The number of nitrogens with one attached hydrogen (secondary N) is 1. The molecule has 1 aliphatic heterocycles. The Hall–Kier alpha value is -3.79. The molecule has 204 valence electrons. The fourth-order valence-electron chi connectivity index (χ4n) is 6.31. The summed E-state index contributed by atoms with van der Waals surface area (Å²) in [6, 6.07) is 7.10. The van der Waals surface area contributed by atoms with E-state index in [4.69, 9.17) is 16.2 Å². The maximum absolute atomic E-state index is 15.4. The number of esters is 1. The van der Waals surface area contributed by atoms with E-state index in [0.29, 0.717) is 61.0 Å². The number of primary amides is 1. The first-order valence-corrected chi connectivity index (χ1v) is 13.3. The molecule has 2 aliphatic carbocycles. The molecule has 6 rings (SSSR count). The molecule has 39 heavy (non-hydrogen) atoms. The lowest BCUT2D eigenvalue weighted by Gasteiger charge is -2.30. The number of benzene rings is 2. The maximum atomic E-state index is 15.4. The van der Waals surface area contributed by atoms with Crippen molar-refractivity contribution in [3.05, 3.63) is 53.2 Å². The number of nitrogens with two attached hydrogens (primary N) is 2. The van der Waals surface area contributed by atoms with E-state index in [0.717, 1.165) is 18.9 Å². The summed E-state index contributed by atoms with van der Waals surface area (Å²) in [6.07, 6.45) is 5.28. The van der Waals surface area contributed by atoms with Crippen molar-refractivity contribution < 1.29 is 27.9 Å². The Kier molecular flexibility index (Phi) is 6.17. The van der Waals surface area contributed by atoms with E-state index in [1.165, 1.54) is 10.6 Å². The average molecular weight is 537 g/mol. The number of rotatable bonds is 6. The molecule has 2 heterocycles. The van der Waals surface area contributed by atoms with Crippen molar-refractivity contribution in [3.63, 3.8) is 0 Å². The third kappa shape index (κ3) is 4.56. The number of carbonyl (C=O) groups is 3. The van der Waals surface area contributed by atoms with Gasteiger partial charge in [-0.25, -0.2) is 8.78 Å². The molecule has 1 aromatic heterocycles. The molecule has 3 aromatic rings. The minimum absolute atomic E-state index is 0.00646. The van der Waals surface area contributed by atoms with Crippen LogP contribution in [-0.4, -0.2) is 41.0 Å². The first kappa shape index (κ1) is 25.5. The van der Waals surface area contributed by atoms with Gasteiger partial charge in [-0.15, -0.1) is 0 Å². The van der Waals surface area contributed by atoms with E-state index in [-0.39, 0.29) is 46.5 Å². The van der Waals surface area contributed by atoms with Gasteiger partial charge in [-0.2, -0.15) is 0 Å². The van der Waals surface area contributed by atoms with Crippen LogP contribution in [0.1, 0.15) is 65.8 Å². The number of anilines is 1. The van der Waals surface area contributed by atoms with Crippen molar-refractivity contribution in [2.75, 3.05) is 11.9 Å². The van der Waals surface area contributed by atoms with Gasteiger partial charge in [-0.05, 0) is 74.1 Å². The van der Waals surface area contributed by atoms with Gasteiger partial charge in [0.2, 0.25) is 5.91 Å². The zero-order valence-corrected chi connectivity index (χ0v) is 21.4. The van der Waals surface area contributed by atoms with Crippen LogP contribution in [-0.2, 0) is 16.0 Å². The fourth-order valence-corrected chi connectivity index (χ4v) is 6.31. The minimum atomic E-state index is -0.745. The molecule has 1 amide bonds. The molecule has 8 nitrogen and oxygen atoms in total. The molecule has 1 spiro atoms. The zero-order chi connectivity index (χ0) is 27.5. The van der Waals surface area contributed by atoms with Crippen LogP contribution in [0.4, 0.5) is 14.5 Å². The summed E-state index contributed by atoms with van der Waals surface area (Å²) in [7, 11) is 0. The van der Waals surface area contributed by atoms with Gasteiger partial charge < -0.3 is 21.5 Å². The second kappa shape index (κ2) is 9.44. The number of hydrogen-bond donors (Lipinski definition) is 3. The van der Waals surface area contributed by atoms with Gasteiger partial charge >= 0.3 is 5.97 Å². The molecule has 10 heteroatoms. The Morgan fingerprint density at radius 1 is 1.08 bits per heavy atom. The molecule has 3 aliphatic rings. The Bertz CT molecular complexity index is 1520. The number of fused-ring (bicyclic) bond motifs is 3. The van der Waals surface area contributed by atoms with Crippen LogP contribution in [0, 0.1) is 17.0 Å². The van der Waals surface area contributed by atoms with Crippen LogP contribution in [0.15, 0.2) is 30.3 Å². The monoisotopic (exact) mass is 536 g/mol. The summed E-state index contributed by atoms with van der Waals surface area (Å²) in [5.41, 5.74) is 13.7. The second-order valence-corrected chi connectivity index (χ2v) is 11.1. The van der Waals surface area contributed by atoms with Crippen molar-refractivity contribution in [1.29, 1.82) is 0 Å². The smallest absolute Gasteiger partial charge is 0.319 e. The largest absolute Gasteiger partial charge is 0.461 e. The predicted molar refractivity (Wildman–Crippen MR) is 141 cm³/mol. The predicted octanol–water partition coefficient (Wildman–Crippen LogP) is 4.28. The third-order valence-corrected chi connectivity index (χ3v) is 8.43. The standard InChI is InChI=1S/C29H30F2N4O4/c30-16-10-20(31)27-22(11-16)35-23(12-29(7-8-29)13-24(35)36)26(27)15-1-6-19(28(33)38)21(9-15)34-17-2-4-18(5-3-17)39-25(37)14-32/h1,6,9-11,17-18,34H,2-5,7-8,12-14,32H2,(H2,33,38). The van der Waals surface area contributed by atoms with Gasteiger partial charge in [-0.3, -0.25) is 19.0 Å². The van der Waals surface area contributed by atoms with Crippen LogP contribution >= 0.6 is 0 Å². The molecule has 2 saturated carbocycles. The maximum Gasteiger partial charge on any atom is 0.319 e. The zero-order valence-electron chi connectivity index (χ0n) is 21.4. The van der Waals surface area contributed by atoms with Gasteiger partial charge in [0.15, 0.2) is 0 Å². The highest BCUT2D eigenvalue weighted by atomic mass is 19.1. The SMILES string of the molecule is NCC(=O)OC1CCC(Nc2cc(-c3c4n(c5cc(F)cc(F)c35)C(=O)CC3(CC3)C4)ccc2C(N)=O)CC1. The molecule has 5 N–H and O–H groups in total. The van der Waals surface area contributed by atoms with E-state index in [9.17, 15) is 18.8 Å². The Balaban J connectivity index is 1.40. The number of halogens is 2. The third-order valence-electron chi connectivity index (χ3n) is 8.43. The highest BCUT2D eigenvalue weighted by Crippen LogP contribution is 2.56. The molecule has 0 saturated heterocycles. The summed E-state index contributed by atoms with van der Waals surface area (Å²) in [4.78, 5) is 37.1. The lowest BCUT2D eigenvalue weighted by Crippen LogP contribution is -2.33. The normalized spacial score (nSPS) is 21.6. The van der Waals surface area contributed by atoms with E-state index in [2.05, 4.69) is 5.32 Å². The first-order chi connectivity index (χ1) is 18.7. The van der Waals surface area contributed by atoms with Gasteiger partial charge in [0.1, 0.15) is 17.7 Å². The number of carbonyl (C=O) groups excluding carboxylic acids is 3. The van der Waals surface area contributed by atoms with E-state index in [1.54, 1.807) is 18.2 Å². The molecule has 0 unspecified atom stereocenters. The highest BCUT2D eigenvalue weighted by Gasteiger charge is 2.49. The molecular weight excluding hydrogens is 506 g/mol. The van der Waals surface area contributed by atoms with Crippen molar-refractivity contribution in [2.24, 2.45) is 16.9 Å². The van der Waals surface area contributed by atoms with Gasteiger partial charge in [0, 0.05) is 40.9 Å². The Morgan fingerprint density at radius 2 is 1.82 bits per heavy atom. The van der Waals surface area contributed by atoms with E-state index < -0.39 is 23.5 Å². The molecule has 0 radical (unpaired) electrons. The molecule has 2 fully saturated rings. The average Bonchev–Trinajstić information content (AvgIpc) is 3.54. The lowest BCUT2D eigenvalue weighted by molar-refractivity contribution is -0.148. The molecule has 2 aromatic carbocycles. The van der Waals surface area contributed by atoms with E-state index >= 15 is 4.39 Å². The minimum Gasteiger partial charge on any atom is -0.461 e. The van der Waals surface area contributed by atoms with Gasteiger partial charge in [-0.1, -0.05) is 6.07 Å². The number of hydrogen-bond acceptors (Lipinski definition) is 6. The Labute approximate surface area is 223 Å². The fraction of sp³-hybridized carbons (Fsp3) is 0.414. The van der Waals surface area contributed by atoms with Crippen LogP contribution in [0.2, 0.25) is 0 Å². The summed E-state index contributed by atoms with van der Waals surface area (Å²) >= 11 is 0. The first-order valence-electron chi connectivity index (χ1n) is 13.3. The van der Waals surface area contributed by atoms with Crippen molar-refractivity contribution in [2.45, 2.75) is 63.5 Å². The highest BCUT2D eigenvalue weighted by molar-refractivity contribution is 6.06. The van der Waals surface area contributed by atoms with Gasteiger partial charge in [0.25, 0.3) is 5.91 Å². The van der Waals surface area contributed by atoms with Crippen LogP contribution in [0.25, 0.3) is 22.0 Å². The summed E-state index contributed by atoms with van der Waals surface area (Å²) in [5, 5.41) is 3.61. The Morgan fingerprint density at radius 3 is 2.49 bits per heavy atom. The lowest BCUT2D eigenvalue weighted by atomic mass is 9.88. The summed E-state index contributed by atoms with van der Waals surface area (Å²) in [6.45, 7) is -0.161. The number of aromatic nitrogens is 1. The molecule has 0 atom stereocenters. The van der Waals surface area contributed by atoms with Crippen molar-refractivity contribution in [3.8, 4) is 11.1 Å². The van der Waals surface area contributed by atoms with Crippen molar-refractivity contribution >= 4 is 34.4 Å². The molecular formula is C29H30F2N4O4. The number of amides is 1. The quantitative estimate of drug-likeness (QED) is 0.404. The van der Waals surface area contributed by atoms with Crippen LogP contribution in [0.3, 0.4) is 0 Å². The van der Waals surface area contributed by atoms with Crippen LogP contribution < -0.4 is 16.8 Å². The van der Waals surface area contributed by atoms with E-state index in [1.807, 2.05) is 0 Å². The van der Waals surface area contributed by atoms with Crippen LogP contribution in [0.5, 0.6) is 0 Å². The summed E-state index contributed by atoms with van der Waals surface area (Å²) < 4.78 is 36.5. The topological polar surface area (TPSA) is 129 Å². The van der Waals surface area contributed by atoms with Crippen molar-refractivity contribution in [1.82, 2.24) is 4.57 Å².